The molecule has 29 heavy (non-hydrogen) atoms. The van der Waals surface area contributed by atoms with Gasteiger partial charge in [-0.3, -0.25) is 15.0 Å². The summed E-state index contributed by atoms with van der Waals surface area (Å²) >= 11 is 0. The van der Waals surface area contributed by atoms with Gasteiger partial charge in [0.05, 0.1) is 19.6 Å². The Bertz CT molecular complexity index is 579. The van der Waals surface area contributed by atoms with Crippen molar-refractivity contribution in [2.45, 2.75) is 65.1 Å². The largest absolute Gasteiger partial charge is 0.481 e. The summed E-state index contributed by atoms with van der Waals surface area (Å²) in [7, 11) is 3.06. The molecule has 0 saturated heterocycles. The third-order valence-electron chi connectivity index (χ3n) is 4.23. The van der Waals surface area contributed by atoms with Gasteiger partial charge >= 0.3 is 11.9 Å². The minimum absolute atomic E-state index is 0.301. The second-order valence-electron chi connectivity index (χ2n) is 8.24. The summed E-state index contributed by atoms with van der Waals surface area (Å²) in [5, 5.41) is 25.8. The molecule has 2 atom stereocenters. The van der Waals surface area contributed by atoms with Crippen LogP contribution in [0.4, 0.5) is 0 Å². The number of guanidine groups is 1. The Labute approximate surface area is 173 Å². The van der Waals surface area contributed by atoms with Gasteiger partial charge in [0.2, 0.25) is 5.91 Å². The van der Waals surface area contributed by atoms with Gasteiger partial charge in [0, 0.05) is 19.1 Å². The van der Waals surface area contributed by atoms with Crippen LogP contribution in [0.5, 0.6) is 0 Å². The van der Waals surface area contributed by atoms with Crippen LogP contribution in [-0.4, -0.2) is 78.7 Å². The maximum absolute atomic E-state index is 12.3. The molecule has 0 fully saturated rings. The Balaban J connectivity index is 4.75. The van der Waals surface area contributed by atoms with Crippen molar-refractivity contribution >= 4 is 23.8 Å². The average molecular weight is 416 g/mol. The van der Waals surface area contributed by atoms with Crippen molar-refractivity contribution in [1.29, 1.82) is 5.41 Å². The zero-order valence-corrected chi connectivity index (χ0v) is 18.6. The molecular weight excluding hydrogens is 378 g/mol. The minimum Gasteiger partial charge on any atom is -0.481 e. The molecule has 0 aromatic carbocycles. The van der Waals surface area contributed by atoms with Gasteiger partial charge in [-0.15, -0.1) is 0 Å². The molecule has 0 aliphatic carbocycles. The number of carboxylic acids is 1. The van der Waals surface area contributed by atoms with Crippen LogP contribution in [0.25, 0.3) is 0 Å². The van der Waals surface area contributed by atoms with E-state index < -0.39 is 41.9 Å². The van der Waals surface area contributed by atoms with Crippen LogP contribution in [0.1, 0.15) is 47.5 Å². The van der Waals surface area contributed by atoms with E-state index in [9.17, 15) is 14.4 Å². The summed E-state index contributed by atoms with van der Waals surface area (Å²) in [6.07, 6.45) is 0.126. The first-order chi connectivity index (χ1) is 13.3. The van der Waals surface area contributed by atoms with Crippen LogP contribution in [0.3, 0.4) is 0 Å². The standard InChI is InChI=1S/C19H37N5O5/c1-12(2)11-24(6)18(20)23-19(4,5)8-9-21-14(10-15(25)26)16(27)22-13(3)17(28)29-7/h12-14,21H,8-11H2,1-7H3,(H2,20,23)(H,22,27)(H,25,26)/t13-,14-/m0/s1. The Hall–Kier alpha value is -2.36. The van der Waals surface area contributed by atoms with Crippen LogP contribution in [0, 0.1) is 11.3 Å². The van der Waals surface area contributed by atoms with E-state index in [1.165, 1.54) is 14.0 Å². The summed E-state index contributed by atoms with van der Waals surface area (Å²) < 4.78 is 4.56. The van der Waals surface area contributed by atoms with E-state index in [1.807, 2.05) is 25.8 Å². The van der Waals surface area contributed by atoms with Crippen LogP contribution in [0.2, 0.25) is 0 Å². The van der Waals surface area contributed by atoms with E-state index in [0.29, 0.717) is 24.8 Å². The Morgan fingerprint density at radius 3 is 2.28 bits per heavy atom. The summed E-state index contributed by atoms with van der Waals surface area (Å²) in [5.74, 6) is -1.59. The fraction of sp³-hybridized carbons (Fsp3) is 0.789. The van der Waals surface area contributed by atoms with Crippen molar-refractivity contribution in [3.63, 3.8) is 0 Å². The van der Waals surface area contributed by atoms with Crippen LogP contribution in [0.15, 0.2) is 0 Å². The highest BCUT2D eigenvalue weighted by molar-refractivity contribution is 5.89. The highest BCUT2D eigenvalue weighted by Crippen LogP contribution is 2.09. The maximum atomic E-state index is 12.3. The van der Waals surface area contributed by atoms with Gasteiger partial charge in [-0.25, -0.2) is 4.79 Å². The van der Waals surface area contributed by atoms with Crippen molar-refractivity contribution in [2.75, 3.05) is 27.2 Å². The lowest BCUT2D eigenvalue weighted by Gasteiger charge is -2.32. The summed E-state index contributed by atoms with van der Waals surface area (Å²) in [4.78, 5) is 36.7. The molecule has 1 amide bonds. The van der Waals surface area contributed by atoms with Crippen molar-refractivity contribution in [3.8, 4) is 0 Å². The molecule has 10 heteroatoms. The fourth-order valence-electron chi connectivity index (χ4n) is 2.66. The predicted octanol–water partition coefficient (Wildman–Crippen LogP) is 0.378. The van der Waals surface area contributed by atoms with Crippen molar-refractivity contribution < 1.29 is 24.2 Å². The van der Waals surface area contributed by atoms with E-state index in [2.05, 4.69) is 34.5 Å². The number of esters is 1. The molecule has 0 rings (SSSR count). The molecule has 0 unspecified atom stereocenters. The third-order valence-corrected chi connectivity index (χ3v) is 4.23. The minimum atomic E-state index is -1.13. The molecule has 0 spiro atoms. The van der Waals surface area contributed by atoms with E-state index in [-0.39, 0.29) is 0 Å². The Kier molecular flexibility index (Phi) is 11.3. The molecule has 10 nitrogen and oxygen atoms in total. The monoisotopic (exact) mass is 415 g/mol. The average Bonchev–Trinajstić information content (AvgIpc) is 2.58. The molecule has 168 valence electrons. The van der Waals surface area contributed by atoms with Crippen molar-refractivity contribution in [1.82, 2.24) is 20.9 Å². The zero-order valence-electron chi connectivity index (χ0n) is 18.6. The molecule has 5 N–H and O–H groups in total. The van der Waals surface area contributed by atoms with Gasteiger partial charge in [0.1, 0.15) is 6.04 Å². The second kappa shape index (κ2) is 12.3. The number of carboxylic acid groups (broad SMARTS) is 1. The number of amides is 1. The molecule has 0 aromatic heterocycles. The molecule has 0 radical (unpaired) electrons. The van der Waals surface area contributed by atoms with Gasteiger partial charge < -0.3 is 30.7 Å². The Morgan fingerprint density at radius 2 is 1.79 bits per heavy atom. The third kappa shape index (κ3) is 11.3. The number of carbonyl (C=O) groups excluding carboxylic acids is 2. The first-order valence-electron chi connectivity index (χ1n) is 9.70. The number of hydrogen-bond donors (Lipinski definition) is 5. The van der Waals surface area contributed by atoms with Gasteiger partial charge in [-0.2, -0.15) is 0 Å². The number of aliphatic carboxylic acids is 1. The van der Waals surface area contributed by atoms with Crippen molar-refractivity contribution in [3.05, 3.63) is 0 Å². The van der Waals surface area contributed by atoms with Crippen LogP contribution >= 0.6 is 0 Å². The highest BCUT2D eigenvalue weighted by atomic mass is 16.5. The quantitative estimate of drug-likeness (QED) is 0.175. The molecule has 0 aliphatic rings. The smallest absolute Gasteiger partial charge is 0.328 e. The van der Waals surface area contributed by atoms with Gasteiger partial charge in [0.25, 0.3) is 0 Å². The number of methoxy groups -OCH3 is 1. The zero-order chi connectivity index (χ0) is 22.8. The van der Waals surface area contributed by atoms with Crippen LogP contribution < -0.4 is 16.0 Å². The second-order valence-corrected chi connectivity index (χ2v) is 8.24. The number of nitrogens with zero attached hydrogens (tertiary/aromatic N) is 1. The molecule has 0 aromatic rings. The van der Waals surface area contributed by atoms with E-state index >= 15 is 0 Å². The number of carbonyl (C=O) groups is 3. The van der Waals surface area contributed by atoms with E-state index in [4.69, 9.17) is 10.5 Å². The first kappa shape index (κ1) is 26.6. The summed E-state index contributed by atoms with van der Waals surface area (Å²) in [6, 6.07) is -1.86. The number of ether oxygens (including phenoxy) is 1. The summed E-state index contributed by atoms with van der Waals surface area (Å²) in [6.45, 7) is 10.6. The lowest BCUT2D eigenvalue weighted by molar-refractivity contribution is -0.145. The highest BCUT2D eigenvalue weighted by Gasteiger charge is 2.26. The summed E-state index contributed by atoms with van der Waals surface area (Å²) in [5.41, 5.74) is -0.446. The SMILES string of the molecule is COC(=O)[C@H](C)NC(=O)[C@H](CC(=O)O)NCCC(C)(C)NC(=N)N(C)CC(C)C. The first-order valence-corrected chi connectivity index (χ1v) is 9.70. The van der Waals surface area contributed by atoms with Crippen molar-refractivity contribution in [2.24, 2.45) is 5.92 Å². The lowest BCUT2D eigenvalue weighted by atomic mass is 10.0. The fourth-order valence-corrected chi connectivity index (χ4v) is 2.66. The molecule has 0 saturated carbocycles. The van der Waals surface area contributed by atoms with E-state index in [1.54, 1.807) is 0 Å². The molecule has 0 heterocycles. The number of hydrogen-bond acceptors (Lipinski definition) is 6. The normalized spacial score (nSPS) is 13.4. The number of nitrogens with one attached hydrogen (secondary N) is 4. The Morgan fingerprint density at radius 1 is 1.21 bits per heavy atom. The number of rotatable bonds is 12. The topological polar surface area (TPSA) is 144 Å². The lowest BCUT2D eigenvalue weighted by Crippen LogP contribution is -2.53. The van der Waals surface area contributed by atoms with Gasteiger partial charge in [-0.05, 0) is 39.7 Å². The van der Waals surface area contributed by atoms with Crippen LogP contribution in [-0.2, 0) is 19.1 Å². The van der Waals surface area contributed by atoms with E-state index in [0.717, 1.165) is 6.54 Å². The van der Waals surface area contributed by atoms with Gasteiger partial charge in [0.15, 0.2) is 5.96 Å². The molecular formula is C19H37N5O5. The van der Waals surface area contributed by atoms with Gasteiger partial charge in [-0.1, -0.05) is 13.8 Å². The predicted molar refractivity (Wildman–Crippen MR) is 111 cm³/mol. The molecule has 0 bridgehead atoms. The molecule has 0 aliphatic heterocycles. The maximum Gasteiger partial charge on any atom is 0.328 e.